The number of carbonyl (C=O) groups excluding carboxylic acids is 1. The number of aromatic nitrogens is 3. The first kappa shape index (κ1) is 18.6. The highest BCUT2D eigenvalue weighted by atomic mass is 79.9. The van der Waals surface area contributed by atoms with E-state index in [1.54, 1.807) is 11.8 Å². The fourth-order valence-electron chi connectivity index (χ4n) is 3.12. The summed E-state index contributed by atoms with van der Waals surface area (Å²) in [4.78, 5) is 12.7. The summed E-state index contributed by atoms with van der Waals surface area (Å²) < 4.78 is 13.9. The molecule has 144 valence electrons. The molecule has 4 rings (SSSR count). The summed E-state index contributed by atoms with van der Waals surface area (Å²) in [5.41, 5.74) is 3.73. The smallest absolute Gasteiger partial charge is 0.278 e. The lowest BCUT2D eigenvalue weighted by Crippen LogP contribution is -2.24. The molecule has 1 N–H and O–H groups in total. The Bertz CT molecular complexity index is 1020. The maximum absolute atomic E-state index is 12.7. The number of nitrogens with one attached hydrogen (secondary N) is 1. The van der Waals surface area contributed by atoms with Gasteiger partial charge in [0.05, 0.1) is 26.0 Å². The number of hydrogen-bond donors (Lipinski definition) is 1. The van der Waals surface area contributed by atoms with Gasteiger partial charge < -0.3 is 14.8 Å². The Morgan fingerprint density at radius 3 is 2.79 bits per heavy atom. The van der Waals surface area contributed by atoms with Crippen LogP contribution in [0.4, 0.5) is 5.69 Å². The van der Waals surface area contributed by atoms with Gasteiger partial charge in [-0.3, -0.25) is 4.79 Å². The quantitative estimate of drug-likeness (QED) is 0.662. The van der Waals surface area contributed by atoms with Crippen LogP contribution in [0.3, 0.4) is 0 Å². The van der Waals surface area contributed by atoms with Gasteiger partial charge in [-0.1, -0.05) is 33.3 Å². The second-order valence-corrected chi connectivity index (χ2v) is 7.41. The van der Waals surface area contributed by atoms with Crippen LogP contribution in [0.15, 0.2) is 46.9 Å². The first-order chi connectivity index (χ1) is 13.5. The summed E-state index contributed by atoms with van der Waals surface area (Å²) in [5.74, 6) is 0.498. The summed E-state index contributed by atoms with van der Waals surface area (Å²) in [6, 6.07) is 13.4. The number of halogens is 1. The normalized spacial score (nSPS) is 15.8. The summed E-state index contributed by atoms with van der Waals surface area (Å²) in [6.07, 6.45) is -0.148. The van der Waals surface area contributed by atoms with Gasteiger partial charge in [-0.2, -0.15) is 0 Å². The fraction of sp³-hybridized carbons (Fsp3) is 0.250. The molecule has 0 radical (unpaired) electrons. The Hall–Kier alpha value is -2.71. The molecule has 1 atom stereocenters. The van der Waals surface area contributed by atoms with Gasteiger partial charge in [0.25, 0.3) is 5.91 Å². The predicted octanol–water partition coefficient (Wildman–Crippen LogP) is 3.88. The molecule has 0 bridgehead atoms. The van der Waals surface area contributed by atoms with Crippen molar-refractivity contribution in [3.63, 3.8) is 0 Å². The molecule has 8 heteroatoms. The van der Waals surface area contributed by atoms with Crippen molar-refractivity contribution in [2.45, 2.75) is 26.2 Å². The Kier molecular flexibility index (Phi) is 5.15. The number of benzene rings is 2. The summed E-state index contributed by atoms with van der Waals surface area (Å²) >= 11 is 3.45. The molecular formula is C20H19BrN4O3. The van der Waals surface area contributed by atoms with Gasteiger partial charge in [0.1, 0.15) is 11.9 Å². The van der Waals surface area contributed by atoms with Crippen LogP contribution in [-0.4, -0.2) is 28.0 Å². The van der Waals surface area contributed by atoms with E-state index in [4.69, 9.17) is 9.47 Å². The third-order valence-corrected chi connectivity index (χ3v) is 5.61. The van der Waals surface area contributed by atoms with E-state index in [0.29, 0.717) is 17.9 Å². The van der Waals surface area contributed by atoms with Gasteiger partial charge in [0.2, 0.25) is 0 Å². The van der Waals surface area contributed by atoms with Crippen LogP contribution in [0.25, 0.3) is 0 Å². The summed E-state index contributed by atoms with van der Waals surface area (Å²) in [5, 5.41) is 11.1. The van der Waals surface area contributed by atoms with Crippen molar-refractivity contribution in [1.29, 1.82) is 0 Å². The molecule has 0 fully saturated rings. The number of fused-ring (bicyclic) bond motifs is 1. The molecule has 0 saturated carbocycles. The zero-order valence-electron chi connectivity index (χ0n) is 15.5. The fourth-order valence-corrected chi connectivity index (χ4v) is 3.37. The average Bonchev–Trinajstić information content (AvgIpc) is 3.14. The molecule has 1 amide bonds. The minimum absolute atomic E-state index is 0.148. The van der Waals surface area contributed by atoms with Crippen LogP contribution in [0.1, 0.15) is 33.4 Å². The predicted molar refractivity (Wildman–Crippen MR) is 107 cm³/mol. The summed E-state index contributed by atoms with van der Waals surface area (Å²) in [7, 11) is 1.63. The van der Waals surface area contributed by atoms with E-state index in [9.17, 15) is 4.79 Å². The minimum atomic E-state index is -0.297. The lowest BCUT2D eigenvalue weighted by Gasteiger charge is -2.24. The van der Waals surface area contributed by atoms with Gasteiger partial charge in [-0.25, -0.2) is 4.68 Å². The number of ether oxygens (including phenoxy) is 2. The molecule has 1 aliphatic heterocycles. The molecule has 1 aliphatic rings. The molecule has 0 spiro atoms. The number of anilines is 1. The highest BCUT2D eigenvalue weighted by Gasteiger charge is 2.27. The van der Waals surface area contributed by atoms with E-state index in [-0.39, 0.29) is 24.3 Å². The highest BCUT2D eigenvalue weighted by molar-refractivity contribution is 9.10. The SMILES string of the molecule is COc1ccc(C2Cn3nnc(C(=O)Nc4ccc(Br)c(C)c4)c3CO2)cc1. The van der Waals surface area contributed by atoms with Crippen LogP contribution >= 0.6 is 15.9 Å². The Labute approximate surface area is 170 Å². The molecular weight excluding hydrogens is 424 g/mol. The van der Waals surface area contributed by atoms with E-state index in [0.717, 1.165) is 21.3 Å². The zero-order chi connectivity index (χ0) is 19.7. The number of methoxy groups -OCH3 is 1. The Balaban J connectivity index is 1.49. The largest absolute Gasteiger partial charge is 0.497 e. The minimum Gasteiger partial charge on any atom is -0.497 e. The Morgan fingerprint density at radius 2 is 2.07 bits per heavy atom. The molecule has 7 nitrogen and oxygen atoms in total. The lowest BCUT2D eigenvalue weighted by molar-refractivity contribution is -0.00173. The molecule has 2 heterocycles. The van der Waals surface area contributed by atoms with Crippen LogP contribution in [-0.2, 0) is 17.9 Å². The first-order valence-electron chi connectivity index (χ1n) is 8.80. The van der Waals surface area contributed by atoms with E-state index in [2.05, 4.69) is 31.6 Å². The van der Waals surface area contributed by atoms with E-state index < -0.39 is 0 Å². The van der Waals surface area contributed by atoms with Crippen molar-refractivity contribution in [3.05, 3.63) is 69.5 Å². The maximum Gasteiger partial charge on any atom is 0.278 e. The lowest BCUT2D eigenvalue weighted by atomic mass is 10.1. The van der Waals surface area contributed by atoms with Gasteiger partial charge in [0.15, 0.2) is 5.69 Å². The number of rotatable bonds is 4. The van der Waals surface area contributed by atoms with Crippen LogP contribution in [0.5, 0.6) is 5.75 Å². The first-order valence-corrected chi connectivity index (χ1v) is 9.60. The zero-order valence-corrected chi connectivity index (χ0v) is 17.1. The van der Waals surface area contributed by atoms with Crippen LogP contribution in [0, 0.1) is 6.92 Å². The second kappa shape index (κ2) is 7.73. The van der Waals surface area contributed by atoms with Crippen molar-refractivity contribution < 1.29 is 14.3 Å². The number of nitrogens with zero attached hydrogens (tertiary/aromatic N) is 3. The van der Waals surface area contributed by atoms with Crippen molar-refractivity contribution in [3.8, 4) is 5.75 Å². The number of hydrogen-bond acceptors (Lipinski definition) is 5. The standard InChI is InChI=1S/C20H19BrN4O3/c1-12-9-14(5-8-16(12)21)22-20(26)19-17-11-28-18(10-25(17)24-23-19)13-3-6-15(27-2)7-4-13/h3-9,18H,10-11H2,1-2H3,(H,22,26). The van der Waals surface area contributed by atoms with Crippen molar-refractivity contribution in [1.82, 2.24) is 15.0 Å². The van der Waals surface area contributed by atoms with E-state index in [1.807, 2.05) is 49.4 Å². The molecule has 1 aromatic heterocycles. The number of aryl methyl sites for hydroxylation is 1. The van der Waals surface area contributed by atoms with Gasteiger partial charge in [0, 0.05) is 10.2 Å². The topological polar surface area (TPSA) is 78.3 Å². The third kappa shape index (κ3) is 3.65. The van der Waals surface area contributed by atoms with E-state index >= 15 is 0 Å². The Morgan fingerprint density at radius 1 is 1.29 bits per heavy atom. The van der Waals surface area contributed by atoms with E-state index in [1.165, 1.54) is 0 Å². The van der Waals surface area contributed by atoms with Crippen molar-refractivity contribution >= 4 is 27.5 Å². The highest BCUT2D eigenvalue weighted by Crippen LogP contribution is 2.28. The molecule has 28 heavy (non-hydrogen) atoms. The molecule has 3 aromatic rings. The van der Waals surface area contributed by atoms with Crippen LogP contribution in [0.2, 0.25) is 0 Å². The third-order valence-electron chi connectivity index (χ3n) is 4.72. The van der Waals surface area contributed by atoms with Crippen molar-refractivity contribution in [2.24, 2.45) is 0 Å². The van der Waals surface area contributed by atoms with Gasteiger partial charge in [-0.15, -0.1) is 5.10 Å². The second-order valence-electron chi connectivity index (χ2n) is 6.56. The molecule has 1 unspecified atom stereocenters. The summed E-state index contributed by atoms with van der Waals surface area (Å²) in [6.45, 7) is 2.73. The monoisotopic (exact) mass is 442 g/mol. The number of amides is 1. The molecule has 0 saturated heterocycles. The van der Waals surface area contributed by atoms with Gasteiger partial charge >= 0.3 is 0 Å². The maximum atomic E-state index is 12.7. The van der Waals surface area contributed by atoms with Crippen LogP contribution < -0.4 is 10.1 Å². The van der Waals surface area contributed by atoms with Crippen molar-refractivity contribution in [2.75, 3.05) is 12.4 Å². The molecule has 2 aromatic carbocycles. The van der Waals surface area contributed by atoms with Gasteiger partial charge in [-0.05, 0) is 48.4 Å². The molecule has 0 aliphatic carbocycles. The average molecular weight is 443 g/mol. The number of carbonyl (C=O) groups is 1.